The Hall–Kier alpha value is -2.00. The van der Waals surface area contributed by atoms with Gasteiger partial charge in [-0.1, -0.05) is 6.07 Å². The first-order valence-electron chi connectivity index (χ1n) is 9.48. The zero-order chi connectivity index (χ0) is 20.8. The van der Waals surface area contributed by atoms with Crippen molar-refractivity contribution in [3.63, 3.8) is 0 Å². The molecule has 28 heavy (non-hydrogen) atoms. The first kappa shape index (κ1) is 24.0. The van der Waals surface area contributed by atoms with Crippen molar-refractivity contribution in [2.45, 2.75) is 20.3 Å². The lowest BCUT2D eigenvalue weighted by Crippen LogP contribution is -2.39. The maximum Gasteiger partial charge on any atom is 0.191 e. The number of hydrogen-bond acceptors (Lipinski definition) is 6. The number of sulfone groups is 1. The summed E-state index contributed by atoms with van der Waals surface area (Å²) in [5, 5.41) is 6.37. The number of hydrogen-bond donors (Lipinski definition) is 2. The minimum Gasteiger partial charge on any atom is -0.490 e. The molecule has 0 saturated heterocycles. The second-order valence-corrected chi connectivity index (χ2v) is 8.32. The van der Waals surface area contributed by atoms with E-state index in [0.29, 0.717) is 38.9 Å². The Morgan fingerprint density at radius 3 is 2.36 bits per heavy atom. The van der Waals surface area contributed by atoms with Gasteiger partial charge in [0.05, 0.1) is 32.2 Å². The lowest BCUT2D eigenvalue weighted by molar-refractivity contribution is 0.154. The number of rotatable bonds is 13. The van der Waals surface area contributed by atoms with E-state index >= 15 is 0 Å². The number of nitrogens with one attached hydrogen (secondary N) is 2. The molecule has 0 atom stereocenters. The molecule has 1 rings (SSSR count). The molecule has 0 aromatic heterocycles. The quantitative estimate of drug-likeness (QED) is 0.284. The van der Waals surface area contributed by atoms with Gasteiger partial charge in [-0.05, 0) is 38.0 Å². The Bertz CT molecular complexity index is 708. The maximum atomic E-state index is 11.0. The van der Waals surface area contributed by atoms with E-state index in [9.17, 15) is 8.42 Å². The van der Waals surface area contributed by atoms with Gasteiger partial charge in [-0.3, -0.25) is 4.99 Å². The van der Waals surface area contributed by atoms with Crippen LogP contribution in [0.1, 0.15) is 19.4 Å². The van der Waals surface area contributed by atoms with Crippen LogP contribution in [0.25, 0.3) is 0 Å². The molecule has 0 aliphatic rings. The molecule has 0 aliphatic carbocycles. The van der Waals surface area contributed by atoms with Gasteiger partial charge in [-0.25, -0.2) is 8.42 Å². The predicted molar refractivity (Wildman–Crippen MR) is 112 cm³/mol. The van der Waals surface area contributed by atoms with Crippen LogP contribution < -0.4 is 20.1 Å². The lowest BCUT2D eigenvalue weighted by Gasteiger charge is -2.14. The van der Waals surface area contributed by atoms with E-state index in [-0.39, 0.29) is 12.4 Å². The van der Waals surface area contributed by atoms with Gasteiger partial charge in [0.1, 0.15) is 9.84 Å². The summed E-state index contributed by atoms with van der Waals surface area (Å²) in [5.41, 5.74) is 1.14. The third-order valence-corrected chi connectivity index (χ3v) is 4.58. The molecular formula is C19H33N3O5S. The van der Waals surface area contributed by atoms with Crippen molar-refractivity contribution < 1.29 is 22.6 Å². The van der Waals surface area contributed by atoms with Crippen molar-refractivity contribution in [1.82, 2.24) is 10.6 Å². The number of nitrogens with zero attached hydrogens (tertiary/aromatic N) is 1. The van der Waals surface area contributed by atoms with Crippen molar-refractivity contribution in [3.05, 3.63) is 23.8 Å². The minimum absolute atomic E-state index is 0.0335. The van der Waals surface area contributed by atoms with E-state index in [1.807, 2.05) is 32.0 Å². The molecule has 0 bridgehead atoms. The van der Waals surface area contributed by atoms with Crippen LogP contribution in [0.15, 0.2) is 23.2 Å². The molecule has 0 unspecified atom stereocenters. The fraction of sp³-hybridized carbons (Fsp3) is 0.632. The van der Waals surface area contributed by atoms with Crippen molar-refractivity contribution in [2.24, 2.45) is 4.99 Å². The second kappa shape index (κ2) is 13.2. The van der Waals surface area contributed by atoms with E-state index in [1.54, 1.807) is 7.05 Å². The summed E-state index contributed by atoms with van der Waals surface area (Å²) in [6, 6.07) is 5.97. The SMILES string of the molecule is CCOc1ccc(CCNC(=NC)NCCOCCS(C)(=O)=O)cc1OCC. The summed E-state index contributed by atoms with van der Waals surface area (Å²) < 4.78 is 38.6. The van der Waals surface area contributed by atoms with Gasteiger partial charge in [0.15, 0.2) is 17.5 Å². The van der Waals surface area contributed by atoms with E-state index in [1.165, 1.54) is 6.26 Å². The summed E-state index contributed by atoms with van der Waals surface area (Å²) >= 11 is 0. The third-order valence-electron chi connectivity index (χ3n) is 3.67. The average molecular weight is 416 g/mol. The molecule has 0 heterocycles. The lowest BCUT2D eigenvalue weighted by atomic mass is 10.1. The molecule has 0 aliphatic heterocycles. The minimum atomic E-state index is -2.98. The highest BCUT2D eigenvalue weighted by Crippen LogP contribution is 2.28. The standard InChI is InChI=1S/C19H33N3O5S/c1-5-26-17-8-7-16(15-18(17)27-6-2)9-10-21-19(20-3)22-11-12-25-13-14-28(4,23)24/h7-8,15H,5-6,9-14H2,1-4H3,(H2,20,21,22). The van der Waals surface area contributed by atoms with Crippen molar-refractivity contribution >= 4 is 15.8 Å². The summed E-state index contributed by atoms with van der Waals surface area (Å²) in [5.74, 6) is 2.22. The van der Waals surface area contributed by atoms with E-state index in [4.69, 9.17) is 14.2 Å². The molecule has 9 heteroatoms. The predicted octanol–water partition coefficient (Wildman–Crippen LogP) is 1.25. The molecule has 1 aromatic rings. The van der Waals surface area contributed by atoms with Crippen molar-refractivity contribution in [2.75, 3.05) is 58.6 Å². The van der Waals surface area contributed by atoms with Crippen LogP contribution in [0, 0.1) is 0 Å². The average Bonchev–Trinajstić information content (AvgIpc) is 2.64. The topological polar surface area (TPSA) is 98.2 Å². The van der Waals surface area contributed by atoms with Gasteiger partial charge in [0.2, 0.25) is 0 Å². The van der Waals surface area contributed by atoms with Gasteiger partial charge < -0.3 is 24.8 Å². The molecule has 0 radical (unpaired) electrons. The Balaban J connectivity index is 2.35. The number of benzene rings is 1. The third kappa shape index (κ3) is 10.4. The molecule has 0 fully saturated rings. The van der Waals surface area contributed by atoms with Crippen molar-refractivity contribution in [3.8, 4) is 11.5 Å². The summed E-state index contributed by atoms with van der Waals surface area (Å²) in [6.45, 7) is 6.94. The fourth-order valence-corrected chi connectivity index (χ4v) is 2.77. The van der Waals surface area contributed by atoms with Gasteiger partial charge in [0.25, 0.3) is 0 Å². The molecule has 2 N–H and O–H groups in total. The molecule has 8 nitrogen and oxygen atoms in total. The molecule has 160 valence electrons. The van der Waals surface area contributed by atoms with Crippen LogP contribution in [0.5, 0.6) is 11.5 Å². The van der Waals surface area contributed by atoms with Gasteiger partial charge >= 0.3 is 0 Å². The molecule has 0 amide bonds. The van der Waals surface area contributed by atoms with E-state index in [0.717, 1.165) is 23.5 Å². The highest BCUT2D eigenvalue weighted by Gasteiger charge is 2.06. The largest absolute Gasteiger partial charge is 0.490 e. The number of aliphatic imine (C=N–C) groups is 1. The molecule has 1 aromatic carbocycles. The highest BCUT2D eigenvalue weighted by atomic mass is 32.2. The maximum absolute atomic E-state index is 11.0. The number of ether oxygens (including phenoxy) is 3. The second-order valence-electron chi connectivity index (χ2n) is 6.07. The van der Waals surface area contributed by atoms with Gasteiger partial charge in [-0.15, -0.1) is 0 Å². The Morgan fingerprint density at radius 1 is 1.04 bits per heavy atom. The summed E-state index contributed by atoms with van der Waals surface area (Å²) in [6.07, 6.45) is 2.00. The van der Waals surface area contributed by atoms with Crippen LogP contribution in [-0.4, -0.2) is 73.0 Å². The molecule has 0 spiro atoms. The van der Waals surface area contributed by atoms with Crippen molar-refractivity contribution in [1.29, 1.82) is 0 Å². The first-order valence-corrected chi connectivity index (χ1v) is 11.5. The smallest absolute Gasteiger partial charge is 0.191 e. The van der Waals surface area contributed by atoms with Crippen LogP contribution in [0.2, 0.25) is 0 Å². The monoisotopic (exact) mass is 415 g/mol. The van der Waals surface area contributed by atoms with Crippen LogP contribution in [-0.2, 0) is 21.0 Å². The summed E-state index contributed by atoms with van der Waals surface area (Å²) in [4.78, 5) is 4.16. The van der Waals surface area contributed by atoms with E-state index < -0.39 is 9.84 Å². The molecular weight excluding hydrogens is 382 g/mol. The summed E-state index contributed by atoms with van der Waals surface area (Å²) in [7, 11) is -1.28. The first-order chi connectivity index (χ1) is 13.4. The van der Waals surface area contributed by atoms with Crippen LogP contribution >= 0.6 is 0 Å². The Labute approximate surface area is 168 Å². The number of guanidine groups is 1. The zero-order valence-electron chi connectivity index (χ0n) is 17.3. The Kier molecular flexibility index (Phi) is 11.4. The van der Waals surface area contributed by atoms with Crippen LogP contribution in [0.3, 0.4) is 0 Å². The fourth-order valence-electron chi connectivity index (χ4n) is 2.35. The zero-order valence-corrected chi connectivity index (χ0v) is 18.1. The van der Waals surface area contributed by atoms with Crippen LogP contribution in [0.4, 0.5) is 0 Å². The van der Waals surface area contributed by atoms with E-state index in [2.05, 4.69) is 15.6 Å². The van der Waals surface area contributed by atoms with Gasteiger partial charge in [-0.2, -0.15) is 0 Å². The molecule has 0 saturated carbocycles. The normalized spacial score (nSPS) is 11.9. The van der Waals surface area contributed by atoms with Gasteiger partial charge in [0, 0.05) is 26.4 Å². The highest BCUT2D eigenvalue weighted by molar-refractivity contribution is 7.90. The Morgan fingerprint density at radius 2 is 1.71 bits per heavy atom.